The van der Waals surface area contributed by atoms with Crippen LogP contribution in [-0.2, 0) is 17.6 Å². The number of nitrogens with zero attached hydrogens (tertiary/aromatic N) is 1. The first-order valence-corrected chi connectivity index (χ1v) is 10.2. The van der Waals surface area contributed by atoms with Crippen LogP contribution in [0.25, 0.3) is 0 Å². The first-order valence-electron chi connectivity index (χ1n) is 9.45. The van der Waals surface area contributed by atoms with Gasteiger partial charge in [-0.2, -0.15) is 0 Å². The Kier molecular flexibility index (Phi) is 7.40. The van der Waals surface area contributed by atoms with Crippen molar-refractivity contribution in [1.29, 1.82) is 0 Å². The fraction of sp³-hybridized carbons (Fsp3) is 0.429. The van der Waals surface area contributed by atoms with Crippen LogP contribution in [0.5, 0.6) is 11.5 Å². The van der Waals surface area contributed by atoms with Gasteiger partial charge in [0.25, 0.3) is 0 Å². The van der Waals surface area contributed by atoms with Crippen LogP contribution in [0.1, 0.15) is 36.8 Å². The van der Waals surface area contributed by atoms with Gasteiger partial charge in [0.15, 0.2) is 11.5 Å². The Morgan fingerprint density at radius 1 is 1.21 bits per heavy atom. The molecular formula is C21H24Cl2N2O3. The maximum absolute atomic E-state index is 12.3. The molecule has 1 heterocycles. The van der Waals surface area contributed by atoms with Gasteiger partial charge in [-0.05, 0) is 43.7 Å². The second-order valence-corrected chi connectivity index (χ2v) is 7.65. The Bertz CT molecular complexity index is 803. The highest BCUT2D eigenvalue weighted by molar-refractivity contribution is 6.36. The van der Waals surface area contributed by atoms with E-state index < -0.39 is 0 Å². The van der Waals surface area contributed by atoms with E-state index in [1.54, 1.807) is 7.11 Å². The van der Waals surface area contributed by atoms with Gasteiger partial charge >= 0.3 is 0 Å². The summed E-state index contributed by atoms with van der Waals surface area (Å²) in [6.45, 7) is 0.480. The Morgan fingerprint density at radius 2 is 1.93 bits per heavy atom. The van der Waals surface area contributed by atoms with Crippen molar-refractivity contribution in [2.45, 2.75) is 44.6 Å². The third-order valence-corrected chi connectivity index (χ3v) is 5.52. The molecule has 0 spiro atoms. The Labute approximate surface area is 175 Å². The predicted octanol–water partition coefficient (Wildman–Crippen LogP) is 4.62. The molecule has 1 aromatic carbocycles. The van der Waals surface area contributed by atoms with Crippen molar-refractivity contribution < 1.29 is 14.3 Å². The molecule has 1 aliphatic carbocycles. The number of nitrogens with one attached hydrogen (secondary N) is 1. The molecule has 1 aromatic heterocycles. The number of halogens is 2. The molecular weight excluding hydrogens is 399 g/mol. The minimum Gasteiger partial charge on any atom is -0.493 e. The number of hydrogen-bond donors (Lipinski definition) is 1. The average molecular weight is 423 g/mol. The summed E-state index contributed by atoms with van der Waals surface area (Å²) in [5, 5.41) is 3.70. The topological polar surface area (TPSA) is 60.5 Å². The normalized spacial score (nSPS) is 14.1. The standard InChI is InChI=1S/C21H24Cl2N2O3/c1-27-19-8-4-5-14(21(19)28-15-6-2-3-7-15)9-10-25-20(26)11-16-17(22)12-24-13-18(16)23/h4-5,8,12-13,15H,2-3,6-7,9-11H2,1H3,(H,25,26). The Hall–Kier alpha value is -1.98. The molecule has 3 rings (SSSR count). The number of aromatic nitrogens is 1. The molecule has 7 heteroatoms. The second-order valence-electron chi connectivity index (χ2n) is 6.83. The third-order valence-electron chi connectivity index (χ3n) is 4.87. The maximum atomic E-state index is 12.3. The zero-order chi connectivity index (χ0) is 19.9. The van der Waals surface area contributed by atoms with Gasteiger partial charge in [0.1, 0.15) is 0 Å². The van der Waals surface area contributed by atoms with Crippen LogP contribution in [0.15, 0.2) is 30.6 Å². The van der Waals surface area contributed by atoms with Gasteiger partial charge in [-0.1, -0.05) is 35.3 Å². The first-order chi connectivity index (χ1) is 13.6. The van der Waals surface area contributed by atoms with Crippen molar-refractivity contribution in [1.82, 2.24) is 10.3 Å². The van der Waals surface area contributed by atoms with E-state index in [9.17, 15) is 4.79 Å². The molecule has 2 aromatic rings. The van der Waals surface area contributed by atoms with Crippen molar-refractivity contribution in [2.24, 2.45) is 0 Å². The molecule has 0 radical (unpaired) electrons. The lowest BCUT2D eigenvalue weighted by molar-refractivity contribution is -0.120. The van der Waals surface area contributed by atoms with E-state index in [2.05, 4.69) is 10.3 Å². The number of methoxy groups -OCH3 is 1. The zero-order valence-electron chi connectivity index (χ0n) is 15.8. The van der Waals surface area contributed by atoms with Crippen molar-refractivity contribution in [3.05, 3.63) is 51.8 Å². The van der Waals surface area contributed by atoms with Crippen LogP contribution in [0.2, 0.25) is 10.0 Å². The number of benzene rings is 1. The average Bonchev–Trinajstić information content (AvgIpc) is 3.19. The molecule has 0 unspecified atom stereocenters. The highest BCUT2D eigenvalue weighted by Gasteiger charge is 2.20. The van der Waals surface area contributed by atoms with Crippen molar-refractivity contribution in [3.63, 3.8) is 0 Å². The highest BCUT2D eigenvalue weighted by Crippen LogP contribution is 2.35. The van der Waals surface area contributed by atoms with Crippen molar-refractivity contribution >= 4 is 29.1 Å². The third kappa shape index (κ3) is 5.30. The lowest BCUT2D eigenvalue weighted by Crippen LogP contribution is -2.27. The van der Waals surface area contributed by atoms with Gasteiger partial charge in [-0.25, -0.2) is 0 Å². The van der Waals surface area contributed by atoms with E-state index in [0.717, 1.165) is 29.9 Å². The summed E-state index contributed by atoms with van der Waals surface area (Å²) < 4.78 is 11.7. The number of pyridine rings is 1. The van der Waals surface area contributed by atoms with Gasteiger partial charge in [-0.15, -0.1) is 0 Å². The summed E-state index contributed by atoms with van der Waals surface area (Å²) in [7, 11) is 1.64. The number of carbonyl (C=O) groups excluding carboxylic acids is 1. The van der Waals surface area contributed by atoms with Gasteiger partial charge in [-0.3, -0.25) is 9.78 Å². The van der Waals surface area contributed by atoms with Gasteiger partial charge in [0, 0.05) is 24.5 Å². The molecule has 0 aliphatic heterocycles. The van der Waals surface area contributed by atoms with E-state index in [0.29, 0.717) is 28.6 Å². The number of hydrogen-bond acceptors (Lipinski definition) is 4. The smallest absolute Gasteiger partial charge is 0.224 e. The largest absolute Gasteiger partial charge is 0.493 e. The molecule has 1 N–H and O–H groups in total. The maximum Gasteiger partial charge on any atom is 0.224 e. The number of ether oxygens (including phenoxy) is 2. The van der Waals surface area contributed by atoms with Crippen LogP contribution in [0.3, 0.4) is 0 Å². The van der Waals surface area contributed by atoms with E-state index in [-0.39, 0.29) is 18.4 Å². The van der Waals surface area contributed by atoms with E-state index >= 15 is 0 Å². The van der Waals surface area contributed by atoms with Crippen LogP contribution < -0.4 is 14.8 Å². The molecule has 28 heavy (non-hydrogen) atoms. The van der Waals surface area contributed by atoms with Crippen LogP contribution in [0, 0.1) is 0 Å². The first kappa shape index (κ1) is 20.7. The van der Waals surface area contributed by atoms with E-state index in [1.807, 2.05) is 18.2 Å². The van der Waals surface area contributed by atoms with Crippen molar-refractivity contribution in [2.75, 3.05) is 13.7 Å². The molecule has 0 bridgehead atoms. The lowest BCUT2D eigenvalue weighted by atomic mass is 10.1. The molecule has 150 valence electrons. The molecule has 1 fully saturated rings. The number of rotatable bonds is 8. The monoisotopic (exact) mass is 422 g/mol. The summed E-state index contributed by atoms with van der Waals surface area (Å²) in [5.74, 6) is 1.37. The summed E-state index contributed by atoms with van der Waals surface area (Å²) in [6, 6.07) is 5.85. The minimum absolute atomic E-state index is 0.115. The van der Waals surface area contributed by atoms with Crippen molar-refractivity contribution in [3.8, 4) is 11.5 Å². The summed E-state index contributed by atoms with van der Waals surface area (Å²) >= 11 is 12.2. The molecule has 0 saturated heterocycles. The number of amides is 1. The quantitative estimate of drug-likeness (QED) is 0.673. The van der Waals surface area contributed by atoms with Gasteiger partial charge in [0.2, 0.25) is 5.91 Å². The Morgan fingerprint density at radius 3 is 2.61 bits per heavy atom. The summed E-state index contributed by atoms with van der Waals surface area (Å²) in [4.78, 5) is 16.2. The molecule has 1 aliphatic rings. The lowest BCUT2D eigenvalue weighted by Gasteiger charge is -2.19. The fourth-order valence-electron chi connectivity index (χ4n) is 3.39. The predicted molar refractivity (Wildman–Crippen MR) is 111 cm³/mol. The van der Waals surface area contributed by atoms with Gasteiger partial charge in [0.05, 0.1) is 29.7 Å². The van der Waals surface area contributed by atoms with Gasteiger partial charge < -0.3 is 14.8 Å². The summed E-state index contributed by atoms with van der Waals surface area (Å²) in [6.07, 6.45) is 8.50. The minimum atomic E-state index is -0.142. The zero-order valence-corrected chi connectivity index (χ0v) is 17.4. The van der Waals surface area contributed by atoms with E-state index in [1.165, 1.54) is 25.2 Å². The number of carbonyl (C=O) groups is 1. The SMILES string of the molecule is COc1cccc(CCNC(=O)Cc2c(Cl)cncc2Cl)c1OC1CCCC1. The Balaban J connectivity index is 1.60. The van der Waals surface area contributed by atoms with Crippen LogP contribution in [0.4, 0.5) is 0 Å². The van der Waals surface area contributed by atoms with E-state index in [4.69, 9.17) is 32.7 Å². The summed E-state index contributed by atoms with van der Waals surface area (Å²) in [5.41, 5.74) is 1.61. The molecule has 5 nitrogen and oxygen atoms in total. The fourth-order valence-corrected chi connectivity index (χ4v) is 3.89. The molecule has 1 amide bonds. The van der Waals surface area contributed by atoms with Crippen LogP contribution in [-0.4, -0.2) is 30.6 Å². The number of para-hydroxylation sites is 1. The highest BCUT2D eigenvalue weighted by atomic mass is 35.5. The molecule has 0 atom stereocenters. The van der Waals surface area contributed by atoms with Crippen LogP contribution >= 0.6 is 23.2 Å². The molecule has 1 saturated carbocycles. The second kappa shape index (κ2) is 9.99.